The summed E-state index contributed by atoms with van der Waals surface area (Å²) in [7, 11) is -5.03. The van der Waals surface area contributed by atoms with Crippen molar-refractivity contribution in [1.29, 1.82) is 0 Å². The predicted octanol–water partition coefficient (Wildman–Crippen LogP) is 23.3. The lowest BCUT2D eigenvalue weighted by atomic mass is 9.33. The molecule has 0 fully saturated rings. The van der Waals surface area contributed by atoms with E-state index in [4.69, 9.17) is 0 Å². The summed E-state index contributed by atoms with van der Waals surface area (Å²) in [4.78, 5) is 15.5. The van der Waals surface area contributed by atoms with Crippen LogP contribution >= 0.6 is 0 Å². The van der Waals surface area contributed by atoms with Gasteiger partial charge in [0.05, 0.1) is 24.2 Å². The Hall–Kier alpha value is -12.8. The molecule has 22 rings (SSSR count). The summed E-state index contributed by atoms with van der Waals surface area (Å²) >= 11 is 0. The van der Waals surface area contributed by atoms with E-state index in [0.29, 0.717) is 0 Å². The van der Waals surface area contributed by atoms with Gasteiger partial charge in [-0.1, -0.05) is 253 Å². The Bertz CT molecular complexity index is 6530. The second kappa shape index (κ2) is 29.1. The molecule has 0 bridgehead atoms. The summed E-state index contributed by atoms with van der Waals surface area (Å²) < 4.78 is 0. The molecule has 12 heteroatoms. The Morgan fingerprint density at radius 3 is 0.548 bits per heavy atom. The molecule has 0 aliphatic carbocycles. The molecule has 0 amide bonds. The Labute approximate surface area is 749 Å². The number of anilines is 18. The van der Waals surface area contributed by atoms with Crippen molar-refractivity contribution in [2.45, 2.75) is 121 Å². The van der Waals surface area contributed by atoms with Gasteiger partial charge in [0.1, 0.15) is 0 Å². The SMILES string of the molecule is Cc1ccc(N2c3ccc(C)cc3B3c4cc(-c5cc(-c6ccc7c(c6)B6c8cc(C)ccc8N(c8ccc(C)cc8)c8cc(C)cc(c86)N7c6ccc([Si](C)(C)C)cc6)cc(-c6ccc7c(c6)B6c8cc(C)ccc8N(c8ccc(C)cc8)c8cc(C)cc(c86)N7c6ccc([Si](C)(C)C)cc6)c5)ccc4N(c4ccc([Si](C)(C)C)cc4)c4cc(C)cc2c43)cc1. The molecule has 0 radical (unpaired) electrons. The summed E-state index contributed by atoms with van der Waals surface area (Å²) in [5, 5.41) is 4.34. The highest BCUT2D eigenvalue weighted by Crippen LogP contribution is 2.51. The fourth-order valence-corrected chi connectivity index (χ4v) is 25.0. The number of hydrogen-bond donors (Lipinski definition) is 0. The largest absolute Gasteiger partial charge is 0.311 e. The lowest BCUT2D eigenvalue weighted by Gasteiger charge is -2.44. The molecular formula is C114H105B3N6Si3. The Morgan fingerprint density at radius 2 is 0.341 bits per heavy atom. The fourth-order valence-electron chi connectivity index (χ4n) is 21.5. The minimum atomic E-state index is -1.68. The number of hydrogen-bond acceptors (Lipinski definition) is 6. The zero-order valence-corrected chi connectivity index (χ0v) is 78.9. The van der Waals surface area contributed by atoms with E-state index in [1.54, 1.807) is 0 Å². The third kappa shape index (κ3) is 12.9. The molecule has 0 atom stereocenters. The summed E-state index contributed by atoms with van der Waals surface area (Å²) in [5.41, 5.74) is 51.3. The van der Waals surface area contributed by atoms with Crippen LogP contribution in [0.15, 0.2) is 309 Å². The first kappa shape index (κ1) is 79.1. The normalized spacial score (nSPS) is 13.8. The molecule has 0 saturated carbocycles. The van der Waals surface area contributed by atoms with Crippen molar-refractivity contribution < 1.29 is 0 Å². The Morgan fingerprint density at radius 1 is 0.159 bits per heavy atom. The molecule has 6 nitrogen and oxygen atoms in total. The van der Waals surface area contributed by atoms with E-state index in [0.717, 1.165) is 50.8 Å². The van der Waals surface area contributed by atoms with Crippen molar-refractivity contribution in [1.82, 2.24) is 0 Å². The second-order valence-corrected chi connectivity index (χ2v) is 55.4. The zero-order valence-electron chi connectivity index (χ0n) is 75.9. The van der Waals surface area contributed by atoms with Crippen LogP contribution in [0.4, 0.5) is 102 Å². The molecule has 0 aromatic heterocycles. The number of fused-ring (bicyclic) bond motifs is 12. The van der Waals surface area contributed by atoms with Gasteiger partial charge in [-0.2, -0.15) is 0 Å². The van der Waals surface area contributed by atoms with Crippen LogP contribution in [0.25, 0.3) is 33.4 Å². The van der Waals surface area contributed by atoms with Crippen LogP contribution in [0, 0.1) is 62.3 Å². The van der Waals surface area contributed by atoms with E-state index in [1.807, 2.05) is 0 Å². The Balaban J connectivity index is 0.804. The maximum atomic E-state index is 2.60. The standard InChI is InChI=1S/C114H105B3N6Si3/c1-70-19-31-85(32-20-70)118-100-49-25-73(4)55-94(100)115-97-67-79(28-52-103(97)121(109-61-76(7)58-106(118)112(109)115)88-37-43-91(44-38-88)124(10,11)12)82-64-83(80-29-53-104-98(68-80)116-95-56-74(5)26-50-101(95)119(86-33-21-71(2)22-34-86)107-59-77(8)62-110(113(107)116)122(104)89-39-45-92(46-40-89)125(13,14)15)66-84(65-82)81-30-54-105-99(69-81)117-96-57-75(6)27-51-102(96)120(87-35-23-72(3)24-36-87)108-60-78(9)63-111(114(108)117)123(105)90-41-47-93(48-42-90)126(16,17)18/h19-69H,1-18H3. The first-order valence-electron chi connectivity index (χ1n) is 45.2. The molecule has 0 N–H and O–H groups in total. The maximum absolute atomic E-state index is 2.60. The molecule has 16 aromatic carbocycles. The first-order valence-corrected chi connectivity index (χ1v) is 55.7. The summed E-state index contributed by atoms with van der Waals surface area (Å²) in [5.74, 6) is 0. The number of nitrogens with zero attached hydrogens (tertiary/aromatic N) is 6. The van der Waals surface area contributed by atoms with Gasteiger partial charge in [0.25, 0.3) is 20.1 Å². The summed E-state index contributed by atoms with van der Waals surface area (Å²) in [6, 6.07) is 123. The second-order valence-electron chi connectivity index (χ2n) is 40.2. The fraction of sp³-hybridized carbons (Fsp3) is 0.158. The van der Waals surface area contributed by atoms with Crippen LogP contribution in [-0.2, 0) is 0 Å². The highest BCUT2D eigenvalue weighted by atomic mass is 28.3. The van der Waals surface area contributed by atoms with Gasteiger partial charge in [-0.15, -0.1) is 0 Å². The van der Waals surface area contributed by atoms with E-state index in [2.05, 4.69) is 460 Å². The van der Waals surface area contributed by atoms with Crippen LogP contribution in [-0.4, -0.2) is 44.4 Å². The van der Waals surface area contributed by atoms with E-state index >= 15 is 0 Å². The molecular weight excluding hydrogens is 1570 g/mol. The van der Waals surface area contributed by atoms with Crippen molar-refractivity contribution in [3.63, 3.8) is 0 Å². The average Bonchev–Trinajstić information content (AvgIpc) is 0.704. The highest BCUT2D eigenvalue weighted by molar-refractivity contribution is 7.02. The van der Waals surface area contributed by atoms with Crippen LogP contribution in [0.2, 0.25) is 58.9 Å². The van der Waals surface area contributed by atoms with Crippen molar-refractivity contribution in [3.05, 3.63) is 359 Å². The first-order chi connectivity index (χ1) is 60.5. The van der Waals surface area contributed by atoms with Gasteiger partial charge in [-0.25, -0.2) is 0 Å². The van der Waals surface area contributed by atoms with Crippen LogP contribution in [0.3, 0.4) is 0 Å². The third-order valence-electron chi connectivity index (χ3n) is 27.9. The summed E-state index contributed by atoms with van der Waals surface area (Å²) in [6.45, 7) is 42.1. The predicted molar refractivity (Wildman–Crippen MR) is 556 cm³/mol. The quantitative estimate of drug-likeness (QED) is 0.113. The highest BCUT2D eigenvalue weighted by Gasteiger charge is 2.48. The molecule has 0 saturated heterocycles. The average molecular weight is 1680 g/mol. The van der Waals surface area contributed by atoms with Crippen molar-refractivity contribution in [2.24, 2.45) is 0 Å². The lowest BCUT2D eigenvalue weighted by molar-refractivity contribution is 1.23. The molecule has 126 heavy (non-hydrogen) atoms. The molecule has 16 aromatic rings. The van der Waals surface area contributed by atoms with Crippen LogP contribution in [0.1, 0.15) is 50.1 Å². The van der Waals surface area contributed by atoms with Crippen molar-refractivity contribution >= 4 is 211 Å². The van der Waals surface area contributed by atoms with Crippen molar-refractivity contribution in [2.75, 3.05) is 29.4 Å². The summed E-state index contributed by atoms with van der Waals surface area (Å²) in [6.07, 6.45) is 0. The topological polar surface area (TPSA) is 19.4 Å². The van der Waals surface area contributed by atoms with Gasteiger partial charge in [0.2, 0.25) is 0 Å². The van der Waals surface area contributed by atoms with Gasteiger partial charge in [-0.05, 0) is 325 Å². The maximum Gasteiger partial charge on any atom is 0.252 e. The molecule has 612 valence electrons. The van der Waals surface area contributed by atoms with Crippen LogP contribution in [0.5, 0.6) is 0 Å². The molecule has 0 spiro atoms. The van der Waals surface area contributed by atoms with Gasteiger partial charge < -0.3 is 29.4 Å². The molecule has 0 unspecified atom stereocenters. The lowest BCUT2D eigenvalue weighted by Crippen LogP contribution is -2.61. The minimum Gasteiger partial charge on any atom is -0.311 e. The zero-order chi connectivity index (χ0) is 86.7. The smallest absolute Gasteiger partial charge is 0.252 e. The van der Waals surface area contributed by atoms with E-state index < -0.39 is 24.2 Å². The van der Waals surface area contributed by atoms with Gasteiger partial charge in [0.15, 0.2) is 0 Å². The monoisotopic (exact) mass is 1670 g/mol. The number of rotatable bonds is 12. The number of benzene rings is 16. The van der Waals surface area contributed by atoms with Crippen LogP contribution < -0.4 is 94.1 Å². The van der Waals surface area contributed by atoms with Gasteiger partial charge in [0, 0.05) is 102 Å². The minimum absolute atomic E-state index is 0.103. The molecule has 6 aliphatic heterocycles. The van der Waals surface area contributed by atoms with Crippen molar-refractivity contribution in [3.8, 4) is 33.4 Å². The van der Waals surface area contributed by atoms with E-state index in [-0.39, 0.29) is 20.1 Å². The van der Waals surface area contributed by atoms with E-state index in [9.17, 15) is 0 Å². The molecule has 6 heterocycles. The van der Waals surface area contributed by atoms with Gasteiger partial charge >= 0.3 is 0 Å². The third-order valence-corrected chi connectivity index (χ3v) is 34.1. The Kier molecular flexibility index (Phi) is 18.3. The van der Waals surface area contributed by atoms with E-state index in [1.165, 1.54) is 200 Å². The number of aryl methyl sites for hydroxylation is 9. The van der Waals surface area contributed by atoms with Gasteiger partial charge in [-0.3, -0.25) is 0 Å². The molecule has 6 aliphatic rings.